The summed E-state index contributed by atoms with van der Waals surface area (Å²) in [5, 5.41) is 0.953. The molecule has 0 bridgehead atoms. The number of nitrogens with zero attached hydrogens (tertiary/aromatic N) is 2. The minimum absolute atomic E-state index is 0.0646. The van der Waals surface area contributed by atoms with Crippen LogP contribution in [0.3, 0.4) is 0 Å². The SMILES string of the molecule is COc1cc(/C=C/c2ccc3cc(OCCF)ccc3n2)ccn1. The van der Waals surface area contributed by atoms with E-state index < -0.39 is 6.67 Å². The Labute approximate surface area is 139 Å². The Kier molecular flexibility index (Phi) is 5.01. The molecule has 0 spiro atoms. The largest absolute Gasteiger partial charge is 0.491 e. The lowest BCUT2D eigenvalue weighted by Gasteiger charge is -2.05. The molecule has 4 nitrogen and oxygen atoms in total. The van der Waals surface area contributed by atoms with Gasteiger partial charge in [0.2, 0.25) is 5.88 Å². The number of rotatable bonds is 6. The zero-order valence-electron chi connectivity index (χ0n) is 13.3. The van der Waals surface area contributed by atoms with Crippen molar-refractivity contribution in [1.82, 2.24) is 9.97 Å². The third-order valence-corrected chi connectivity index (χ3v) is 3.44. The smallest absolute Gasteiger partial charge is 0.213 e. The fraction of sp³-hybridized carbons (Fsp3) is 0.158. The molecule has 0 saturated carbocycles. The Morgan fingerprint density at radius 1 is 1.08 bits per heavy atom. The predicted molar refractivity (Wildman–Crippen MR) is 92.9 cm³/mol. The summed E-state index contributed by atoms with van der Waals surface area (Å²) in [5.74, 6) is 1.22. The van der Waals surface area contributed by atoms with Crippen LogP contribution in [0.4, 0.5) is 4.39 Å². The van der Waals surface area contributed by atoms with Crippen molar-refractivity contribution >= 4 is 23.1 Å². The number of hydrogen-bond acceptors (Lipinski definition) is 4. The summed E-state index contributed by atoms with van der Waals surface area (Å²) < 4.78 is 22.6. The molecule has 0 N–H and O–H groups in total. The fourth-order valence-corrected chi connectivity index (χ4v) is 2.28. The van der Waals surface area contributed by atoms with Crippen LogP contribution in [0.15, 0.2) is 48.7 Å². The Balaban J connectivity index is 1.81. The second-order valence-corrected chi connectivity index (χ2v) is 5.09. The summed E-state index contributed by atoms with van der Waals surface area (Å²) in [4.78, 5) is 8.67. The lowest BCUT2D eigenvalue weighted by atomic mass is 10.1. The minimum Gasteiger partial charge on any atom is -0.491 e. The maximum absolute atomic E-state index is 12.2. The Morgan fingerprint density at radius 3 is 2.83 bits per heavy atom. The molecule has 3 aromatic rings. The van der Waals surface area contributed by atoms with Crippen LogP contribution in [0.1, 0.15) is 11.3 Å². The van der Waals surface area contributed by atoms with Gasteiger partial charge in [-0.1, -0.05) is 12.1 Å². The van der Waals surface area contributed by atoms with Crippen molar-refractivity contribution in [3.8, 4) is 11.6 Å². The lowest BCUT2D eigenvalue weighted by molar-refractivity contribution is 0.273. The second-order valence-electron chi connectivity index (χ2n) is 5.09. The van der Waals surface area contributed by atoms with Crippen LogP contribution in [-0.2, 0) is 0 Å². The number of hydrogen-bond donors (Lipinski definition) is 0. The van der Waals surface area contributed by atoms with Crippen molar-refractivity contribution in [2.24, 2.45) is 0 Å². The molecule has 0 saturated heterocycles. The summed E-state index contributed by atoms with van der Waals surface area (Å²) in [6.07, 6.45) is 5.59. The first-order chi connectivity index (χ1) is 11.8. The first-order valence-corrected chi connectivity index (χ1v) is 7.56. The van der Waals surface area contributed by atoms with Gasteiger partial charge < -0.3 is 9.47 Å². The highest BCUT2D eigenvalue weighted by molar-refractivity contribution is 5.82. The average molecular weight is 324 g/mol. The Morgan fingerprint density at radius 2 is 2.00 bits per heavy atom. The Hall–Kier alpha value is -2.95. The van der Waals surface area contributed by atoms with E-state index in [9.17, 15) is 4.39 Å². The van der Waals surface area contributed by atoms with E-state index in [1.54, 1.807) is 19.4 Å². The van der Waals surface area contributed by atoms with Gasteiger partial charge in [-0.15, -0.1) is 0 Å². The van der Waals surface area contributed by atoms with Gasteiger partial charge in [0.05, 0.1) is 18.3 Å². The molecule has 0 amide bonds. The molecule has 3 rings (SSSR count). The maximum Gasteiger partial charge on any atom is 0.213 e. The lowest BCUT2D eigenvalue weighted by Crippen LogP contribution is -1.98. The molecule has 0 aliphatic heterocycles. The van der Waals surface area contributed by atoms with E-state index >= 15 is 0 Å². The van der Waals surface area contributed by atoms with Crippen LogP contribution in [0.5, 0.6) is 11.6 Å². The monoisotopic (exact) mass is 324 g/mol. The molecule has 0 unspecified atom stereocenters. The van der Waals surface area contributed by atoms with Crippen LogP contribution in [0.2, 0.25) is 0 Å². The highest BCUT2D eigenvalue weighted by Gasteiger charge is 2.00. The van der Waals surface area contributed by atoms with Crippen molar-refractivity contribution in [2.75, 3.05) is 20.4 Å². The Bertz CT molecular complexity index is 865. The number of methoxy groups -OCH3 is 1. The van der Waals surface area contributed by atoms with Crippen molar-refractivity contribution in [3.63, 3.8) is 0 Å². The zero-order valence-corrected chi connectivity index (χ0v) is 13.3. The number of fused-ring (bicyclic) bond motifs is 1. The third-order valence-electron chi connectivity index (χ3n) is 3.44. The van der Waals surface area contributed by atoms with Crippen LogP contribution in [-0.4, -0.2) is 30.4 Å². The van der Waals surface area contributed by atoms with Gasteiger partial charge in [-0.3, -0.25) is 0 Å². The van der Waals surface area contributed by atoms with Gasteiger partial charge in [-0.05, 0) is 42.0 Å². The predicted octanol–water partition coefficient (Wildman–Crippen LogP) is 4.16. The molecule has 0 aliphatic rings. The van der Waals surface area contributed by atoms with E-state index in [-0.39, 0.29) is 6.61 Å². The standard InChI is InChI=1S/C19H17FN2O2/c1-23-19-12-14(8-10-21-19)2-4-16-5-3-15-13-17(24-11-9-20)6-7-18(15)22-16/h2-8,10,12-13H,9,11H2,1H3/b4-2+. The number of aromatic nitrogens is 2. The van der Waals surface area contributed by atoms with Crippen molar-refractivity contribution in [3.05, 3.63) is 59.9 Å². The van der Waals surface area contributed by atoms with E-state index in [1.165, 1.54) is 0 Å². The summed E-state index contributed by atoms with van der Waals surface area (Å²) >= 11 is 0. The van der Waals surface area contributed by atoms with Crippen LogP contribution >= 0.6 is 0 Å². The first kappa shape index (κ1) is 15.9. The summed E-state index contributed by atoms with van der Waals surface area (Å²) in [6, 6.07) is 13.2. The highest BCUT2D eigenvalue weighted by Crippen LogP contribution is 2.21. The molecule has 1 aromatic carbocycles. The normalized spacial score (nSPS) is 11.1. The zero-order chi connectivity index (χ0) is 16.8. The number of ether oxygens (including phenoxy) is 2. The maximum atomic E-state index is 12.2. The summed E-state index contributed by atoms with van der Waals surface area (Å²) in [7, 11) is 1.59. The molecular weight excluding hydrogens is 307 g/mol. The van der Waals surface area contributed by atoms with E-state index in [4.69, 9.17) is 9.47 Å². The number of pyridine rings is 2. The van der Waals surface area contributed by atoms with Gasteiger partial charge in [-0.2, -0.15) is 0 Å². The van der Waals surface area contributed by atoms with Gasteiger partial charge >= 0.3 is 0 Å². The second kappa shape index (κ2) is 7.55. The van der Waals surface area contributed by atoms with E-state index in [0.717, 1.165) is 22.2 Å². The molecule has 122 valence electrons. The van der Waals surface area contributed by atoms with Crippen LogP contribution in [0.25, 0.3) is 23.1 Å². The van der Waals surface area contributed by atoms with Crippen LogP contribution in [0, 0.1) is 0 Å². The minimum atomic E-state index is -0.500. The van der Waals surface area contributed by atoms with Crippen molar-refractivity contribution in [1.29, 1.82) is 0 Å². The van der Waals surface area contributed by atoms with Gasteiger partial charge in [-0.25, -0.2) is 14.4 Å². The molecule has 0 aliphatic carbocycles. The van der Waals surface area contributed by atoms with E-state index in [2.05, 4.69) is 9.97 Å². The number of halogens is 1. The molecule has 0 fully saturated rings. The van der Waals surface area contributed by atoms with Gasteiger partial charge in [0.15, 0.2) is 0 Å². The molecule has 24 heavy (non-hydrogen) atoms. The third kappa shape index (κ3) is 3.87. The topological polar surface area (TPSA) is 44.2 Å². The quantitative estimate of drug-likeness (QED) is 0.683. The fourth-order valence-electron chi connectivity index (χ4n) is 2.28. The summed E-state index contributed by atoms with van der Waals surface area (Å²) in [6.45, 7) is -0.436. The molecular formula is C19H17FN2O2. The molecule has 0 atom stereocenters. The van der Waals surface area contributed by atoms with Crippen molar-refractivity contribution in [2.45, 2.75) is 0 Å². The van der Waals surface area contributed by atoms with Gasteiger partial charge in [0, 0.05) is 17.6 Å². The molecule has 2 aromatic heterocycles. The highest BCUT2D eigenvalue weighted by atomic mass is 19.1. The average Bonchev–Trinajstić information content (AvgIpc) is 2.64. The first-order valence-electron chi connectivity index (χ1n) is 7.56. The summed E-state index contributed by atoms with van der Waals surface area (Å²) in [5.41, 5.74) is 2.69. The van der Waals surface area contributed by atoms with Gasteiger partial charge in [0.25, 0.3) is 0 Å². The van der Waals surface area contributed by atoms with E-state index in [1.807, 2.05) is 48.6 Å². The molecule has 5 heteroatoms. The molecule has 0 radical (unpaired) electrons. The van der Waals surface area contributed by atoms with Gasteiger partial charge in [0.1, 0.15) is 19.0 Å². The van der Waals surface area contributed by atoms with Crippen LogP contribution < -0.4 is 9.47 Å². The number of alkyl halides is 1. The van der Waals surface area contributed by atoms with E-state index in [0.29, 0.717) is 11.6 Å². The van der Waals surface area contributed by atoms with Crippen molar-refractivity contribution < 1.29 is 13.9 Å². The molecule has 2 heterocycles. The number of benzene rings is 1.